The fraction of sp³-hybridized carbons (Fsp3) is 0.286. The van der Waals surface area contributed by atoms with Gasteiger partial charge in [0.05, 0.1) is 16.4 Å². The number of para-hydroxylation sites is 2. The summed E-state index contributed by atoms with van der Waals surface area (Å²) in [7, 11) is 1.75. The molecule has 1 aliphatic heterocycles. The van der Waals surface area contributed by atoms with Gasteiger partial charge >= 0.3 is 0 Å². The molecule has 0 spiro atoms. The first-order valence-electron chi connectivity index (χ1n) is 9.94. The van der Waals surface area contributed by atoms with Gasteiger partial charge in [-0.25, -0.2) is 0 Å². The van der Waals surface area contributed by atoms with E-state index in [4.69, 9.17) is 9.47 Å². The largest absolute Gasteiger partial charge is 0.486 e. The van der Waals surface area contributed by atoms with Crippen LogP contribution in [0.4, 0.5) is 5.69 Å². The number of fused-ring (bicyclic) bond motifs is 1. The lowest BCUT2D eigenvalue weighted by Gasteiger charge is -2.31. The fourth-order valence-corrected chi connectivity index (χ4v) is 4.13. The van der Waals surface area contributed by atoms with Crippen molar-refractivity contribution in [2.24, 2.45) is 7.05 Å². The molecule has 1 amide bonds. The minimum Gasteiger partial charge on any atom is -0.486 e. The van der Waals surface area contributed by atoms with Crippen LogP contribution in [-0.2, 0) is 7.05 Å². The van der Waals surface area contributed by atoms with Crippen LogP contribution in [0.2, 0.25) is 0 Å². The number of carbonyl (C=O) groups excluding carboxylic acids is 1. The van der Waals surface area contributed by atoms with Crippen molar-refractivity contribution in [1.82, 2.24) is 19.7 Å². The molecule has 0 N–H and O–H groups in total. The monoisotopic (exact) mass is 455 g/mol. The third kappa shape index (κ3) is 4.52. The second kappa shape index (κ2) is 9.27. The van der Waals surface area contributed by atoms with Crippen molar-refractivity contribution in [3.05, 3.63) is 64.5 Å². The smallest absolute Gasteiger partial charge is 0.284 e. The zero-order chi connectivity index (χ0) is 22.7. The first-order chi connectivity index (χ1) is 15.5. The van der Waals surface area contributed by atoms with Crippen molar-refractivity contribution in [2.45, 2.75) is 23.1 Å². The van der Waals surface area contributed by atoms with Gasteiger partial charge in [-0.05, 0) is 43.0 Å². The van der Waals surface area contributed by atoms with Crippen LogP contribution in [0.3, 0.4) is 0 Å². The maximum Gasteiger partial charge on any atom is 0.284 e. The van der Waals surface area contributed by atoms with Crippen LogP contribution >= 0.6 is 11.8 Å². The molecule has 1 atom stereocenters. The zero-order valence-electron chi connectivity index (χ0n) is 17.5. The molecule has 11 heteroatoms. The van der Waals surface area contributed by atoms with Crippen molar-refractivity contribution < 1.29 is 19.2 Å². The molecule has 3 aromatic rings. The summed E-state index contributed by atoms with van der Waals surface area (Å²) >= 11 is 1.12. The number of nitro benzene ring substituents is 1. The highest BCUT2D eigenvalue weighted by Crippen LogP contribution is 2.35. The number of aryl methyl sites for hydroxylation is 1. The lowest BCUT2D eigenvalue weighted by atomic mass is 10.1. The van der Waals surface area contributed by atoms with Gasteiger partial charge < -0.3 is 18.9 Å². The molecular formula is C21H21N5O5S. The lowest BCUT2D eigenvalue weighted by molar-refractivity contribution is -0.387. The van der Waals surface area contributed by atoms with E-state index >= 15 is 0 Å². The fourth-order valence-electron chi connectivity index (χ4n) is 3.28. The second-order valence-electron chi connectivity index (χ2n) is 7.11. The summed E-state index contributed by atoms with van der Waals surface area (Å²) in [4.78, 5) is 26.3. The topological polar surface area (TPSA) is 113 Å². The number of likely N-dealkylation sites (N-methyl/N-ethyl adjacent to an activating group) is 1. The van der Waals surface area contributed by atoms with Gasteiger partial charge in [-0.2, -0.15) is 0 Å². The zero-order valence-corrected chi connectivity index (χ0v) is 18.3. The molecule has 1 aromatic heterocycles. The summed E-state index contributed by atoms with van der Waals surface area (Å²) in [6, 6.07) is 11.8. The molecule has 10 nitrogen and oxygen atoms in total. The van der Waals surface area contributed by atoms with E-state index in [0.29, 0.717) is 41.2 Å². The van der Waals surface area contributed by atoms with Gasteiger partial charge in [0.2, 0.25) is 0 Å². The minimum atomic E-state index is -0.499. The molecule has 0 radical (unpaired) electrons. The lowest BCUT2D eigenvalue weighted by Crippen LogP contribution is -2.43. The van der Waals surface area contributed by atoms with Gasteiger partial charge in [-0.3, -0.25) is 14.9 Å². The molecule has 32 heavy (non-hydrogen) atoms. The van der Waals surface area contributed by atoms with Gasteiger partial charge in [0.15, 0.2) is 22.8 Å². The maximum atomic E-state index is 13.1. The molecule has 4 rings (SSSR count). The van der Waals surface area contributed by atoms with E-state index in [1.54, 1.807) is 28.6 Å². The van der Waals surface area contributed by atoms with Crippen LogP contribution in [-0.4, -0.2) is 56.3 Å². The number of nitrogens with zero attached hydrogens (tertiary/aromatic N) is 5. The summed E-state index contributed by atoms with van der Waals surface area (Å²) in [5.41, 5.74) is 0.0732. The summed E-state index contributed by atoms with van der Waals surface area (Å²) in [6.07, 6.45) is 1.18. The first kappa shape index (κ1) is 21.6. The van der Waals surface area contributed by atoms with E-state index in [0.717, 1.165) is 11.8 Å². The minimum absolute atomic E-state index is 0.161. The number of benzene rings is 2. The predicted molar refractivity (Wildman–Crippen MR) is 116 cm³/mol. The highest BCUT2D eigenvalue weighted by atomic mass is 32.2. The van der Waals surface area contributed by atoms with E-state index in [2.05, 4.69) is 10.2 Å². The Balaban J connectivity index is 1.51. The number of carbonyl (C=O) groups is 1. The molecule has 0 saturated carbocycles. The molecule has 2 heterocycles. The number of amides is 1. The van der Waals surface area contributed by atoms with Crippen molar-refractivity contribution in [2.75, 3.05) is 19.7 Å². The average Bonchev–Trinajstić information content (AvgIpc) is 3.21. The molecular weight excluding hydrogens is 434 g/mol. The van der Waals surface area contributed by atoms with Crippen LogP contribution in [0.25, 0.3) is 0 Å². The highest BCUT2D eigenvalue weighted by molar-refractivity contribution is 7.99. The van der Waals surface area contributed by atoms with Crippen molar-refractivity contribution in [1.29, 1.82) is 0 Å². The van der Waals surface area contributed by atoms with Gasteiger partial charge in [-0.1, -0.05) is 12.1 Å². The summed E-state index contributed by atoms with van der Waals surface area (Å²) in [6.45, 7) is 2.88. The first-order valence-corrected chi connectivity index (χ1v) is 10.8. The molecule has 0 bridgehead atoms. The maximum absolute atomic E-state index is 13.1. The molecule has 0 aliphatic carbocycles. The number of hydrogen-bond donors (Lipinski definition) is 0. The second-order valence-corrected chi connectivity index (χ2v) is 8.12. The molecule has 1 unspecified atom stereocenters. The number of nitro groups is 1. The van der Waals surface area contributed by atoms with Crippen LogP contribution < -0.4 is 9.47 Å². The Hall–Kier alpha value is -3.60. The van der Waals surface area contributed by atoms with E-state index in [9.17, 15) is 14.9 Å². The molecule has 1 aliphatic rings. The number of ether oxygens (including phenoxy) is 2. The Morgan fingerprint density at radius 3 is 2.78 bits per heavy atom. The highest BCUT2D eigenvalue weighted by Gasteiger charge is 2.27. The SMILES string of the molecule is CCN(CC1COc2ccccc2O1)C(=O)c1ccc(Sc2nncn2C)c([N+](=O)[O-])c1. The number of rotatable bonds is 7. The third-order valence-corrected chi connectivity index (χ3v) is 6.05. The van der Waals surface area contributed by atoms with Gasteiger partial charge in [0.1, 0.15) is 12.9 Å². The predicted octanol–water partition coefficient (Wildman–Crippen LogP) is 3.18. The van der Waals surface area contributed by atoms with E-state index in [1.807, 2.05) is 31.2 Å². The van der Waals surface area contributed by atoms with Crippen LogP contribution in [0.5, 0.6) is 11.5 Å². The van der Waals surface area contributed by atoms with Gasteiger partial charge in [0.25, 0.3) is 11.6 Å². The van der Waals surface area contributed by atoms with Crippen LogP contribution in [0.1, 0.15) is 17.3 Å². The molecule has 0 saturated heterocycles. The van der Waals surface area contributed by atoms with Gasteiger partial charge in [0, 0.05) is 25.2 Å². The van der Waals surface area contributed by atoms with E-state index in [-0.39, 0.29) is 23.3 Å². The Morgan fingerprint density at radius 1 is 1.31 bits per heavy atom. The average molecular weight is 455 g/mol. The number of hydrogen-bond acceptors (Lipinski definition) is 8. The molecule has 0 fully saturated rings. The Labute approximate surface area is 188 Å². The number of aromatic nitrogens is 3. The Kier molecular flexibility index (Phi) is 6.26. The molecule has 2 aromatic carbocycles. The quantitative estimate of drug-likeness (QED) is 0.394. The Morgan fingerprint density at radius 2 is 2.09 bits per heavy atom. The molecule has 166 valence electrons. The van der Waals surface area contributed by atoms with E-state index in [1.165, 1.54) is 12.4 Å². The van der Waals surface area contributed by atoms with Crippen molar-refractivity contribution in [3.63, 3.8) is 0 Å². The van der Waals surface area contributed by atoms with Gasteiger partial charge in [-0.15, -0.1) is 10.2 Å². The summed E-state index contributed by atoms with van der Waals surface area (Å²) in [5.74, 6) is 0.992. The normalized spacial score (nSPS) is 14.8. The third-order valence-electron chi connectivity index (χ3n) is 4.93. The van der Waals surface area contributed by atoms with E-state index < -0.39 is 4.92 Å². The van der Waals surface area contributed by atoms with Crippen molar-refractivity contribution >= 4 is 23.4 Å². The van der Waals surface area contributed by atoms with Crippen LogP contribution in [0, 0.1) is 10.1 Å². The summed E-state index contributed by atoms with van der Waals surface area (Å²) < 4.78 is 13.3. The van der Waals surface area contributed by atoms with Crippen molar-refractivity contribution in [3.8, 4) is 11.5 Å². The standard InChI is InChI=1S/C21H21N5O5S/c1-3-25(11-15-12-30-17-6-4-5-7-18(17)31-15)20(27)14-8-9-19(16(10-14)26(28)29)32-21-23-22-13-24(21)2/h4-10,13,15H,3,11-12H2,1-2H3. The Bertz CT molecular complexity index is 1150. The summed E-state index contributed by atoms with van der Waals surface area (Å²) in [5, 5.41) is 19.9. The van der Waals surface area contributed by atoms with Crippen LogP contribution in [0.15, 0.2) is 58.8 Å².